The molecule has 3 N–H and O–H groups in total. The third-order valence-electron chi connectivity index (χ3n) is 3.45. The largest absolute Gasteiger partial charge is 0.480 e. The highest BCUT2D eigenvalue weighted by Crippen LogP contribution is 2.18. The van der Waals surface area contributed by atoms with Gasteiger partial charge < -0.3 is 15.7 Å². The fraction of sp³-hybridized carbons (Fsp3) is 0.167. The van der Waals surface area contributed by atoms with E-state index in [9.17, 15) is 19.5 Å². The highest BCUT2D eigenvalue weighted by Gasteiger charge is 2.22. The zero-order valence-electron chi connectivity index (χ0n) is 13.5. The molecule has 130 valence electrons. The van der Waals surface area contributed by atoms with E-state index >= 15 is 0 Å². The molecule has 25 heavy (non-hydrogen) atoms. The second-order valence-electron chi connectivity index (χ2n) is 5.42. The van der Waals surface area contributed by atoms with Crippen LogP contribution in [0.3, 0.4) is 0 Å². The van der Waals surface area contributed by atoms with Crippen LogP contribution in [0.5, 0.6) is 0 Å². The Bertz CT molecular complexity index is 790. The molecule has 1 atom stereocenters. The molecule has 6 nitrogen and oxygen atoms in total. The first-order valence-electron chi connectivity index (χ1n) is 7.51. The molecule has 0 bridgehead atoms. The van der Waals surface area contributed by atoms with Gasteiger partial charge >= 0.3 is 5.97 Å². The van der Waals surface area contributed by atoms with Crippen molar-refractivity contribution in [3.05, 3.63) is 64.1 Å². The second kappa shape index (κ2) is 8.43. The molecule has 2 aromatic carbocycles. The molecule has 7 heteroatoms. The Morgan fingerprint density at radius 2 is 1.72 bits per heavy atom. The number of hydrogen-bond donors (Lipinski definition) is 3. The third-order valence-corrected chi connectivity index (χ3v) is 4.23. The number of aliphatic carboxylic acids is 1. The predicted octanol–water partition coefficient (Wildman–Crippen LogP) is 2.83. The maximum atomic E-state index is 12.3. The zero-order chi connectivity index (χ0) is 18.4. The Kier molecular flexibility index (Phi) is 6.30. The summed E-state index contributed by atoms with van der Waals surface area (Å²) < 4.78 is 0.787. The smallest absolute Gasteiger partial charge is 0.326 e. The lowest BCUT2D eigenvalue weighted by atomic mass is 10.1. The van der Waals surface area contributed by atoms with Crippen LogP contribution < -0.4 is 10.6 Å². The highest BCUT2D eigenvalue weighted by atomic mass is 79.9. The summed E-state index contributed by atoms with van der Waals surface area (Å²) in [6, 6.07) is 12.4. The van der Waals surface area contributed by atoms with Gasteiger partial charge in [0.25, 0.3) is 5.91 Å². The number of hydrogen-bond acceptors (Lipinski definition) is 3. The van der Waals surface area contributed by atoms with E-state index in [0.29, 0.717) is 11.3 Å². The van der Waals surface area contributed by atoms with E-state index in [0.717, 1.165) is 10.0 Å². The first-order valence-corrected chi connectivity index (χ1v) is 8.31. The van der Waals surface area contributed by atoms with Crippen LogP contribution in [0, 0.1) is 0 Å². The summed E-state index contributed by atoms with van der Waals surface area (Å²) >= 11 is 3.37. The van der Waals surface area contributed by atoms with E-state index in [4.69, 9.17) is 0 Å². The fourth-order valence-corrected chi connectivity index (χ4v) is 2.68. The number of carboxylic acids is 1. The minimum atomic E-state index is -1.11. The van der Waals surface area contributed by atoms with Gasteiger partial charge in [-0.25, -0.2) is 4.79 Å². The summed E-state index contributed by atoms with van der Waals surface area (Å²) in [7, 11) is 0. The molecule has 0 aliphatic heterocycles. The quantitative estimate of drug-likeness (QED) is 0.689. The fourth-order valence-electron chi connectivity index (χ4n) is 2.23. The number of nitrogens with one attached hydrogen (secondary N) is 2. The van der Waals surface area contributed by atoms with Crippen molar-refractivity contribution >= 4 is 39.4 Å². The van der Waals surface area contributed by atoms with Crippen molar-refractivity contribution in [3.8, 4) is 0 Å². The molecular weight excluding hydrogens is 388 g/mol. The Hall–Kier alpha value is -2.67. The van der Waals surface area contributed by atoms with Gasteiger partial charge in [0.2, 0.25) is 5.91 Å². The SMILES string of the molecule is CC(=O)Nc1ccc(C(=O)N[C@H](Cc2ccccc2Br)C(=O)O)cc1. The molecule has 0 aliphatic rings. The zero-order valence-corrected chi connectivity index (χ0v) is 15.0. The van der Waals surface area contributed by atoms with E-state index in [1.165, 1.54) is 19.1 Å². The maximum Gasteiger partial charge on any atom is 0.326 e. The number of rotatable bonds is 6. The van der Waals surface area contributed by atoms with E-state index in [1.54, 1.807) is 18.2 Å². The topological polar surface area (TPSA) is 95.5 Å². The summed E-state index contributed by atoms with van der Waals surface area (Å²) in [5.74, 6) is -1.82. The standard InChI is InChI=1S/C18H17BrN2O4/c1-11(22)20-14-8-6-12(7-9-14)17(23)21-16(18(24)25)10-13-4-2-3-5-15(13)19/h2-9,16H,10H2,1H3,(H,20,22)(H,21,23)(H,24,25)/t16-/m1/s1. The lowest BCUT2D eigenvalue weighted by Gasteiger charge is -2.15. The Labute approximate surface area is 153 Å². The van der Waals surface area contributed by atoms with Crippen LogP contribution in [0.25, 0.3) is 0 Å². The van der Waals surface area contributed by atoms with Gasteiger partial charge in [-0.3, -0.25) is 9.59 Å². The average Bonchev–Trinajstić information content (AvgIpc) is 2.56. The molecule has 0 fully saturated rings. The average molecular weight is 405 g/mol. The Morgan fingerprint density at radius 3 is 2.28 bits per heavy atom. The van der Waals surface area contributed by atoms with Crippen LogP contribution in [-0.4, -0.2) is 28.9 Å². The van der Waals surface area contributed by atoms with Crippen molar-refractivity contribution in [1.82, 2.24) is 5.32 Å². The third kappa shape index (κ3) is 5.42. The van der Waals surface area contributed by atoms with E-state index in [2.05, 4.69) is 26.6 Å². The number of halogens is 1. The van der Waals surface area contributed by atoms with Crippen molar-refractivity contribution in [2.75, 3.05) is 5.32 Å². The molecule has 0 aromatic heterocycles. The Morgan fingerprint density at radius 1 is 1.08 bits per heavy atom. The summed E-state index contributed by atoms with van der Waals surface area (Å²) in [5, 5.41) is 14.5. The predicted molar refractivity (Wildman–Crippen MR) is 97.5 cm³/mol. The van der Waals surface area contributed by atoms with Crippen LogP contribution in [-0.2, 0) is 16.0 Å². The minimum absolute atomic E-state index is 0.159. The van der Waals surface area contributed by atoms with Crippen LogP contribution in [0.1, 0.15) is 22.8 Å². The van der Waals surface area contributed by atoms with Crippen LogP contribution in [0.2, 0.25) is 0 Å². The molecule has 0 spiro atoms. The van der Waals surface area contributed by atoms with Gasteiger partial charge in [-0.05, 0) is 35.9 Å². The molecule has 0 saturated carbocycles. The van der Waals surface area contributed by atoms with Crippen LogP contribution >= 0.6 is 15.9 Å². The van der Waals surface area contributed by atoms with Gasteiger partial charge in [0, 0.05) is 29.1 Å². The summed E-state index contributed by atoms with van der Waals surface area (Å²) in [4.78, 5) is 34.8. The maximum absolute atomic E-state index is 12.3. The number of carboxylic acid groups (broad SMARTS) is 1. The summed E-state index contributed by atoms with van der Waals surface area (Å²) in [5.41, 5.74) is 1.66. The summed E-state index contributed by atoms with van der Waals surface area (Å²) in [6.07, 6.45) is 0.159. The lowest BCUT2D eigenvalue weighted by molar-refractivity contribution is -0.139. The van der Waals surface area contributed by atoms with Gasteiger partial charge in [-0.2, -0.15) is 0 Å². The molecule has 2 rings (SSSR count). The van der Waals surface area contributed by atoms with Gasteiger partial charge in [0.15, 0.2) is 0 Å². The second-order valence-corrected chi connectivity index (χ2v) is 6.27. The van der Waals surface area contributed by atoms with Gasteiger partial charge in [0.05, 0.1) is 0 Å². The van der Waals surface area contributed by atoms with E-state index < -0.39 is 17.9 Å². The lowest BCUT2D eigenvalue weighted by Crippen LogP contribution is -2.42. The van der Waals surface area contributed by atoms with Crippen LogP contribution in [0.15, 0.2) is 53.0 Å². The van der Waals surface area contributed by atoms with Crippen molar-refractivity contribution in [3.63, 3.8) is 0 Å². The van der Waals surface area contributed by atoms with Crippen molar-refractivity contribution in [1.29, 1.82) is 0 Å². The van der Waals surface area contributed by atoms with Crippen LogP contribution in [0.4, 0.5) is 5.69 Å². The molecule has 0 heterocycles. The molecule has 2 amide bonds. The van der Waals surface area contributed by atoms with Crippen molar-refractivity contribution in [2.24, 2.45) is 0 Å². The molecule has 0 saturated heterocycles. The number of carbonyl (C=O) groups excluding carboxylic acids is 2. The summed E-state index contributed by atoms with van der Waals surface area (Å²) in [6.45, 7) is 1.39. The highest BCUT2D eigenvalue weighted by molar-refractivity contribution is 9.10. The number of amides is 2. The van der Waals surface area contributed by atoms with Gasteiger partial charge in [-0.15, -0.1) is 0 Å². The van der Waals surface area contributed by atoms with E-state index in [-0.39, 0.29) is 12.3 Å². The monoisotopic (exact) mass is 404 g/mol. The van der Waals surface area contributed by atoms with E-state index in [1.807, 2.05) is 18.2 Å². The molecule has 0 aliphatic carbocycles. The molecule has 0 radical (unpaired) electrons. The van der Waals surface area contributed by atoms with Gasteiger partial charge in [0.1, 0.15) is 6.04 Å². The molecule has 2 aromatic rings. The first-order chi connectivity index (χ1) is 11.9. The van der Waals surface area contributed by atoms with Crippen molar-refractivity contribution in [2.45, 2.75) is 19.4 Å². The number of benzene rings is 2. The Balaban J connectivity index is 2.08. The number of carbonyl (C=O) groups is 3. The molecular formula is C18H17BrN2O4. The van der Waals surface area contributed by atoms with Gasteiger partial charge in [-0.1, -0.05) is 34.1 Å². The minimum Gasteiger partial charge on any atom is -0.480 e. The number of anilines is 1. The molecule has 0 unspecified atom stereocenters. The normalized spacial score (nSPS) is 11.4. The van der Waals surface area contributed by atoms with Crippen molar-refractivity contribution < 1.29 is 19.5 Å². The first kappa shape index (κ1) is 18.7.